The Labute approximate surface area is 436 Å². The quantitative estimate of drug-likeness (QED) is 0.0342. The second-order valence-electron chi connectivity index (χ2n) is 18.3. The summed E-state index contributed by atoms with van der Waals surface area (Å²) in [6.07, 6.45) is 5.97. The minimum Gasteiger partial charge on any atom is -0.806 e. The maximum absolute atomic E-state index is 14.4. The lowest BCUT2D eigenvalue weighted by Gasteiger charge is -2.19. The van der Waals surface area contributed by atoms with Crippen molar-refractivity contribution in [3.05, 3.63) is 162 Å². The summed E-state index contributed by atoms with van der Waals surface area (Å²) in [5, 5.41) is 31.0. The summed E-state index contributed by atoms with van der Waals surface area (Å²) < 4.78 is 87.0. The lowest BCUT2D eigenvalue weighted by atomic mass is 9.93. The maximum Gasteiger partial charge on any atom is 0.388 e. The SMILES string of the molecule is CC(C)c1cc(F)cc(-c2ccc(C#N)cc2)c1NC(=O)NS(=O)(=O)c1ccn(C(C)C)n1.CC(C)n1ccc(S(=O)(=O)N=C([O-])[n+]2ccc(N(C)C)cc2)n1.[C-]#[N+]c1ccc(-c2cc(F)cc(C(C)C)c2N)cc1. The molecular weight excluding hydrogens is 1000 g/mol. The van der Waals surface area contributed by atoms with Crippen LogP contribution in [0.3, 0.4) is 0 Å². The number of nitriles is 1. The molecule has 0 saturated heterocycles. The van der Waals surface area contributed by atoms with Crippen molar-refractivity contribution >= 4 is 54.8 Å². The van der Waals surface area contributed by atoms with E-state index in [9.17, 15) is 35.5 Å². The second kappa shape index (κ2) is 24.5. The molecule has 18 nitrogen and oxygen atoms in total. The van der Waals surface area contributed by atoms with Gasteiger partial charge in [-0.1, -0.05) is 64.1 Å². The number of nitrogens with two attached hydrogens (primary N) is 1. The van der Waals surface area contributed by atoms with Gasteiger partial charge in [0.1, 0.15) is 11.6 Å². The van der Waals surface area contributed by atoms with Gasteiger partial charge in [-0.3, -0.25) is 9.36 Å². The zero-order valence-electron chi connectivity index (χ0n) is 43.0. The van der Waals surface area contributed by atoms with Crippen LogP contribution in [0.5, 0.6) is 0 Å². The molecule has 0 aliphatic rings. The van der Waals surface area contributed by atoms with Gasteiger partial charge in [-0.15, -0.1) is 0 Å². The van der Waals surface area contributed by atoms with Crippen LogP contribution >= 0.6 is 0 Å². The standard InChI is InChI=1S/C23H24FN5O3S.C16H15FN2.C14H19N5O3S/c1-14(2)19-11-18(24)12-20(17-7-5-16(13-25)6-8-17)22(19)26-23(30)28-33(31,32)21-9-10-29(27-21)15(3)4;1-10(2)14-8-12(17)9-15(16(14)18)11-4-6-13(19-3)7-5-11;1-11(2)19-10-7-13(15-19)23(21,22)16-14(20)18-8-5-12(6-9-18)17(3)4/h5-12,14-15H,1-4H3,(H2,26,28,30);4-10H,18H2,1-2H3;5-11H,1-4H3. The molecule has 392 valence electrons. The number of nitrogens with one attached hydrogen (secondary N) is 2. The highest BCUT2D eigenvalue weighted by atomic mass is 32.2. The van der Waals surface area contributed by atoms with E-state index in [4.69, 9.17) is 17.6 Å². The molecule has 7 rings (SSSR count). The number of carbonyl (C=O) groups is 1. The van der Waals surface area contributed by atoms with E-state index in [1.165, 1.54) is 70.5 Å². The van der Waals surface area contributed by atoms with Gasteiger partial charge in [0.15, 0.2) is 10.7 Å². The number of benzene rings is 4. The Morgan fingerprint density at radius 1 is 0.773 bits per heavy atom. The number of rotatable bonds is 12. The van der Waals surface area contributed by atoms with Crippen LogP contribution in [0.2, 0.25) is 0 Å². The highest BCUT2D eigenvalue weighted by molar-refractivity contribution is 7.90. The zero-order valence-corrected chi connectivity index (χ0v) is 44.6. The Kier molecular flexibility index (Phi) is 18.8. The first-order valence-corrected chi connectivity index (χ1v) is 26.2. The van der Waals surface area contributed by atoms with Gasteiger partial charge in [0, 0.05) is 77.6 Å². The second-order valence-corrected chi connectivity index (χ2v) is 21.4. The normalized spacial score (nSPS) is 11.6. The predicted molar refractivity (Wildman–Crippen MR) is 283 cm³/mol. The summed E-state index contributed by atoms with van der Waals surface area (Å²) in [5.41, 5.74) is 12.6. The summed E-state index contributed by atoms with van der Waals surface area (Å²) in [6.45, 7) is 22.0. The summed E-state index contributed by atoms with van der Waals surface area (Å²) in [5.74, 6) is -0.804. The van der Waals surface area contributed by atoms with Crippen molar-refractivity contribution in [2.45, 2.75) is 89.4 Å². The molecule has 4 N–H and O–H groups in total. The van der Waals surface area contributed by atoms with Crippen LogP contribution in [0.25, 0.3) is 27.1 Å². The van der Waals surface area contributed by atoms with Crippen molar-refractivity contribution in [1.29, 1.82) is 5.26 Å². The fourth-order valence-electron chi connectivity index (χ4n) is 7.10. The average Bonchev–Trinajstić information content (AvgIpc) is 4.09. The number of nitrogen functional groups attached to an aromatic ring is 1. The minimum absolute atomic E-state index is 0.0163. The third kappa shape index (κ3) is 14.8. The van der Waals surface area contributed by atoms with E-state index in [0.29, 0.717) is 39.2 Å². The Hall–Kier alpha value is -8.47. The van der Waals surface area contributed by atoms with Gasteiger partial charge in [-0.25, -0.2) is 27.7 Å². The number of hydrogen-bond donors (Lipinski definition) is 3. The lowest BCUT2D eigenvalue weighted by molar-refractivity contribution is -0.613. The van der Waals surface area contributed by atoms with E-state index in [2.05, 4.69) is 24.8 Å². The van der Waals surface area contributed by atoms with Crippen LogP contribution in [-0.2, 0) is 20.0 Å². The first kappa shape index (κ1) is 57.4. The van der Waals surface area contributed by atoms with Crippen LogP contribution in [0.4, 0.5) is 36.3 Å². The topological polar surface area (TPSA) is 242 Å². The lowest BCUT2D eigenvalue weighted by Crippen LogP contribution is -2.51. The van der Waals surface area contributed by atoms with Crippen LogP contribution in [0.1, 0.15) is 96.0 Å². The van der Waals surface area contributed by atoms with E-state index in [-0.39, 0.29) is 45.5 Å². The number of urea groups is 1. The molecule has 0 spiro atoms. The first-order chi connectivity index (χ1) is 35.2. The smallest absolute Gasteiger partial charge is 0.388 e. The number of nitrogens with zero attached hydrogens (tertiary/aromatic N) is 9. The highest BCUT2D eigenvalue weighted by Gasteiger charge is 2.25. The summed E-state index contributed by atoms with van der Waals surface area (Å²) >= 11 is 0. The molecule has 0 fully saturated rings. The molecule has 3 aromatic heterocycles. The molecule has 0 aliphatic heterocycles. The van der Waals surface area contributed by atoms with Gasteiger partial charge in [0.2, 0.25) is 5.03 Å². The van der Waals surface area contributed by atoms with E-state index in [1.807, 2.05) is 85.2 Å². The average molecular weight is 1060 g/mol. The Morgan fingerprint density at radius 2 is 1.27 bits per heavy atom. The van der Waals surface area contributed by atoms with E-state index in [0.717, 1.165) is 21.4 Å². The molecule has 0 unspecified atom stereocenters. The van der Waals surface area contributed by atoms with Gasteiger partial charge < -0.3 is 21.1 Å². The van der Waals surface area contributed by atoms with Crippen LogP contribution in [0, 0.1) is 29.5 Å². The van der Waals surface area contributed by atoms with Gasteiger partial charge in [-0.05, 0) is 110 Å². The van der Waals surface area contributed by atoms with E-state index in [1.54, 1.807) is 60.7 Å². The number of pyridine rings is 1. The van der Waals surface area contributed by atoms with Crippen molar-refractivity contribution < 1.29 is 40.1 Å². The number of aromatic nitrogens is 5. The molecule has 3 heterocycles. The number of hydrogen-bond acceptors (Lipinski definition) is 11. The largest absolute Gasteiger partial charge is 0.806 e. The molecule has 0 saturated carbocycles. The van der Waals surface area contributed by atoms with Crippen molar-refractivity contribution in [1.82, 2.24) is 24.3 Å². The molecule has 22 heteroatoms. The molecule has 4 aromatic carbocycles. The number of halogens is 2. The first-order valence-electron chi connectivity index (χ1n) is 23.3. The Morgan fingerprint density at radius 3 is 1.76 bits per heavy atom. The van der Waals surface area contributed by atoms with Crippen molar-refractivity contribution in [3.8, 4) is 28.3 Å². The summed E-state index contributed by atoms with van der Waals surface area (Å²) in [6, 6.07) is 25.0. The fraction of sp³-hybridized carbons (Fsp3) is 0.264. The molecule has 0 radical (unpaired) electrons. The monoisotopic (exact) mass is 1060 g/mol. The fourth-order valence-corrected chi connectivity index (χ4v) is 8.76. The molecular formula is C53H58F2N12O6S2. The summed E-state index contributed by atoms with van der Waals surface area (Å²) in [4.78, 5) is 17.9. The van der Waals surface area contributed by atoms with Crippen LogP contribution in [0.15, 0.2) is 136 Å². The van der Waals surface area contributed by atoms with E-state index < -0.39 is 37.9 Å². The third-order valence-electron chi connectivity index (χ3n) is 11.2. The number of carbonyl (C=O) groups excluding carboxylic acids is 1. The number of sulfonamides is 2. The van der Waals surface area contributed by atoms with Gasteiger partial charge in [0.25, 0.3) is 16.0 Å². The zero-order chi connectivity index (χ0) is 55.5. The molecule has 0 aliphatic carbocycles. The molecule has 7 aromatic rings. The Bertz CT molecular complexity index is 3490. The maximum atomic E-state index is 14.4. The number of amides is 2. The Balaban J connectivity index is 0.000000218. The van der Waals surface area contributed by atoms with Crippen molar-refractivity contribution in [3.63, 3.8) is 0 Å². The predicted octanol–water partition coefficient (Wildman–Crippen LogP) is 9.30. The molecule has 0 atom stereocenters. The highest BCUT2D eigenvalue weighted by Crippen LogP contribution is 2.37. The van der Waals surface area contributed by atoms with Crippen LogP contribution in [-0.4, -0.2) is 62.5 Å². The molecule has 75 heavy (non-hydrogen) atoms. The van der Waals surface area contributed by atoms with E-state index >= 15 is 0 Å². The minimum atomic E-state index is -4.22. The van der Waals surface area contributed by atoms with Gasteiger partial charge in [0.05, 0.1) is 36.3 Å². The van der Waals surface area contributed by atoms with Crippen LogP contribution < -0.4 is 30.3 Å². The van der Waals surface area contributed by atoms with Crippen molar-refractivity contribution in [2.75, 3.05) is 30.0 Å². The molecule has 2 amide bonds. The van der Waals surface area contributed by atoms with Gasteiger partial charge in [-0.2, -0.15) is 32.3 Å². The summed E-state index contributed by atoms with van der Waals surface area (Å²) in [7, 11) is -4.63. The van der Waals surface area contributed by atoms with Gasteiger partial charge >= 0.3 is 16.1 Å². The molecule has 0 bridgehead atoms. The third-order valence-corrected chi connectivity index (χ3v) is 13.5. The number of anilines is 3. The van der Waals surface area contributed by atoms with Crippen molar-refractivity contribution in [2.24, 2.45) is 4.40 Å².